The van der Waals surface area contributed by atoms with Crippen molar-refractivity contribution in [3.63, 3.8) is 0 Å². The van der Waals surface area contributed by atoms with Crippen LogP contribution in [0.1, 0.15) is 6.92 Å². The van der Waals surface area contributed by atoms with E-state index >= 15 is 0 Å². The van der Waals surface area contributed by atoms with Crippen LogP contribution in [0.5, 0.6) is 0 Å². The van der Waals surface area contributed by atoms with Crippen molar-refractivity contribution in [2.45, 2.75) is 12.1 Å². The Kier molecular flexibility index (Phi) is 6.12. The number of hydrogen-bond donors (Lipinski definition) is 0. The van der Waals surface area contributed by atoms with Crippen molar-refractivity contribution < 1.29 is 9.53 Å². The molecule has 0 radical (unpaired) electrons. The zero-order valence-corrected chi connectivity index (χ0v) is 18.4. The van der Waals surface area contributed by atoms with Crippen molar-refractivity contribution in [3.8, 4) is 11.4 Å². The van der Waals surface area contributed by atoms with Gasteiger partial charge in [0, 0.05) is 5.69 Å². The molecule has 9 heteroatoms. The number of thiazole rings is 1. The highest BCUT2D eigenvalue weighted by Crippen LogP contribution is 2.27. The molecule has 30 heavy (non-hydrogen) atoms. The van der Waals surface area contributed by atoms with Crippen molar-refractivity contribution in [2.75, 3.05) is 12.4 Å². The average molecular weight is 456 g/mol. The monoisotopic (exact) mass is 455 g/mol. The molecule has 4 aromatic rings. The summed E-state index contributed by atoms with van der Waals surface area (Å²) in [5.74, 6) is -0.309. The first-order valence-electron chi connectivity index (χ1n) is 9.18. The van der Waals surface area contributed by atoms with Crippen LogP contribution in [-0.2, 0) is 9.53 Å². The van der Waals surface area contributed by atoms with Gasteiger partial charge in [0.2, 0.25) is 0 Å². The van der Waals surface area contributed by atoms with Gasteiger partial charge in [-0.3, -0.25) is 18.7 Å². The van der Waals surface area contributed by atoms with Crippen molar-refractivity contribution in [1.29, 1.82) is 0 Å². The van der Waals surface area contributed by atoms with Gasteiger partial charge in [0.25, 0.3) is 5.56 Å². The Morgan fingerprint density at radius 1 is 1.07 bits per heavy atom. The van der Waals surface area contributed by atoms with Crippen molar-refractivity contribution >= 4 is 51.6 Å². The number of carbonyl (C=O) groups is 1. The van der Waals surface area contributed by atoms with Gasteiger partial charge >= 0.3 is 5.97 Å². The van der Waals surface area contributed by atoms with E-state index in [9.17, 15) is 9.59 Å². The summed E-state index contributed by atoms with van der Waals surface area (Å²) in [6.07, 6.45) is 0. The van der Waals surface area contributed by atoms with Crippen LogP contribution in [-0.4, -0.2) is 32.4 Å². The highest BCUT2D eigenvalue weighted by Gasteiger charge is 2.19. The number of ether oxygens (including phenoxy) is 1. The van der Waals surface area contributed by atoms with E-state index < -0.39 is 0 Å². The lowest BCUT2D eigenvalue weighted by Gasteiger charge is -2.12. The van der Waals surface area contributed by atoms with E-state index in [0.717, 1.165) is 5.69 Å². The van der Waals surface area contributed by atoms with Crippen molar-refractivity contribution in [1.82, 2.24) is 14.1 Å². The zero-order chi connectivity index (χ0) is 21.1. The molecule has 0 atom stereocenters. The zero-order valence-electron chi connectivity index (χ0n) is 16.0. The molecular weight excluding hydrogens is 438 g/mol. The number of fused-ring (bicyclic) bond motifs is 1. The van der Waals surface area contributed by atoms with Crippen LogP contribution in [0.15, 0.2) is 70.6 Å². The molecule has 0 aliphatic rings. The number of rotatable bonds is 6. The Morgan fingerprint density at radius 2 is 1.67 bits per heavy atom. The summed E-state index contributed by atoms with van der Waals surface area (Å²) in [5.41, 5.74) is 1.77. The van der Waals surface area contributed by atoms with Gasteiger partial charge in [0.1, 0.15) is 4.70 Å². The summed E-state index contributed by atoms with van der Waals surface area (Å²) in [7, 11) is 0. The second-order valence-electron chi connectivity index (χ2n) is 6.16. The highest BCUT2D eigenvalue weighted by atomic mass is 32.2. The maximum absolute atomic E-state index is 13.5. The molecule has 6 nitrogen and oxygen atoms in total. The van der Waals surface area contributed by atoms with E-state index in [1.165, 1.54) is 27.7 Å². The molecule has 2 aromatic heterocycles. The molecular formula is C21H17N3O3S3. The smallest absolute Gasteiger partial charge is 0.316 e. The van der Waals surface area contributed by atoms with Crippen LogP contribution in [0.2, 0.25) is 0 Å². The number of thioether (sulfide) groups is 1. The third kappa shape index (κ3) is 3.96. The van der Waals surface area contributed by atoms with Crippen LogP contribution in [0.25, 0.3) is 21.7 Å². The third-order valence-electron chi connectivity index (χ3n) is 4.23. The molecule has 0 aliphatic heterocycles. The minimum Gasteiger partial charge on any atom is -0.465 e. The van der Waals surface area contributed by atoms with E-state index in [1.54, 1.807) is 11.5 Å². The van der Waals surface area contributed by atoms with Crippen LogP contribution >= 0.6 is 35.3 Å². The average Bonchev–Trinajstić information content (AvgIpc) is 3.10. The van der Waals surface area contributed by atoms with Crippen LogP contribution in [0.4, 0.5) is 0 Å². The first-order valence-corrected chi connectivity index (χ1v) is 11.4. The standard InChI is InChI=1S/C21H17N3O3S3/c1-2-27-16(25)13-29-20-22-18-17(19(26)24(20)15-11-7-4-8-12-15)30-21(28)23(18)14-9-5-3-6-10-14/h3-12H,2,13H2,1H3. The largest absolute Gasteiger partial charge is 0.465 e. The maximum Gasteiger partial charge on any atom is 0.316 e. The van der Waals surface area contributed by atoms with Crippen molar-refractivity contribution in [2.24, 2.45) is 0 Å². The molecule has 0 amide bonds. The quantitative estimate of drug-likeness (QED) is 0.183. The Morgan fingerprint density at radius 3 is 2.27 bits per heavy atom. The van der Waals surface area contributed by atoms with E-state index in [-0.39, 0.29) is 17.3 Å². The van der Waals surface area contributed by atoms with Crippen LogP contribution in [0, 0.1) is 3.95 Å². The topological polar surface area (TPSA) is 66.1 Å². The molecule has 0 aliphatic carbocycles. The van der Waals surface area contributed by atoms with Gasteiger partial charge in [0.15, 0.2) is 14.8 Å². The van der Waals surface area contributed by atoms with Gasteiger partial charge in [0.05, 0.1) is 18.0 Å². The number of aromatic nitrogens is 3. The second-order valence-corrected chi connectivity index (χ2v) is 8.74. The van der Waals surface area contributed by atoms with E-state index in [4.69, 9.17) is 21.9 Å². The molecule has 4 rings (SSSR count). The lowest BCUT2D eigenvalue weighted by molar-refractivity contribution is -0.139. The van der Waals surface area contributed by atoms with Crippen LogP contribution in [0.3, 0.4) is 0 Å². The molecule has 0 fully saturated rings. The van der Waals surface area contributed by atoms with Gasteiger partial charge in [-0.25, -0.2) is 4.98 Å². The third-order valence-corrected chi connectivity index (χ3v) is 6.49. The summed E-state index contributed by atoms with van der Waals surface area (Å²) in [4.78, 5) is 30.2. The fraction of sp³-hybridized carbons (Fsp3) is 0.143. The molecule has 2 heterocycles. The predicted octanol–water partition coefficient (Wildman–Crippen LogP) is 4.62. The molecule has 0 spiro atoms. The molecule has 0 bridgehead atoms. The van der Waals surface area contributed by atoms with E-state index in [0.29, 0.717) is 31.8 Å². The summed E-state index contributed by atoms with van der Waals surface area (Å²) >= 11 is 7.95. The minimum absolute atomic E-state index is 0.0504. The van der Waals surface area contributed by atoms with Gasteiger partial charge < -0.3 is 4.74 Å². The Balaban J connectivity index is 1.94. The summed E-state index contributed by atoms with van der Waals surface area (Å²) in [5, 5.41) is 0.407. The Hall–Kier alpha value is -2.75. The molecule has 0 saturated carbocycles. The van der Waals surface area contributed by atoms with E-state index in [1.807, 2.05) is 60.7 Å². The highest BCUT2D eigenvalue weighted by molar-refractivity contribution is 7.99. The molecule has 2 aromatic carbocycles. The van der Waals surface area contributed by atoms with Gasteiger partial charge in [-0.05, 0) is 43.4 Å². The van der Waals surface area contributed by atoms with Crippen molar-refractivity contribution in [3.05, 3.63) is 75.0 Å². The fourth-order valence-electron chi connectivity index (χ4n) is 2.97. The molecule has 0 N–H and O–H groups in total. The van der Waals surface area contributed by atoms with E-state index in [2.05, 4.69) is 0 Å². The maximum atomic E-state index is 13.5. The number of para-hydroxylation sites is 2. The molecule has 0 saturated heterocycles. The number of esters is 1. The lowest BCUT2D eigenvalue weighted by atomic mass is 10.3. The molecule has 152 valence electrons. The first-order chi connectivity index (χ1) is 14.6. The fourth-order valence-corrected chi connectivity index (χ4v) is 5.07. The number of hydrogen-bond acceptors (Lipinski definition) is 7. The second kappa shape index (κ2) is 8.95. The SMILES string of the molecule is CCOC(=O)CSc1nc2c(sc(=S)n2-c2ccccc2)c(=O)n1-c1ccccc1. The van der Waals surface area contributed by atoms with Gasteiger partial charge in [-0.2, -0.15) is 0 Å². The minimum atomic E-state index is -0.360. The number of benzene rings is 2. The lowest BCUT2D eigenvalue weighted by Crippen LogP contribution is -2.22. The Bertz CT molecular complexity index is 1310. The summed E-state index contributed by atoms with van der Waals surface area (Å²) in [6, 6.07) is 18.8. The number of nitrogens with zero attached hydrogens (tertiary/aromatic N) is 3. The molecule has 0 unspecified atom stereocenters. The summed E-state index contributed by atoms with van der Waals surface area (Å²) < 4.78 is 9.34. The normalized spacial score (nSPS) is 11.0. The van der Waals surface area contributed by atoms with Crippen LogP contribution < -0.4 is 5.56 Å². The van der Waals surface area contributed by atoms with Gasteiger partial charge in [-0.1, -0.05) is 59.5 Å². The predicted molar refractivity (Wildman–Crippen MR) is 123 cm³/mol. The Labute approximate surface area is 185 Å². The van der Waals surface area contributed by atoms with Gasteiger partial charge in [-0.15, -0.1) is 0 Å². The number of carbonyl (C=O) groups excluding carboxylic acids is 1. The summed E-state index contributed by atoms with van der Waals surface area (Å²) in [6.45, 7) is 2.06. The first kappa shape index (κ1) is 20.5.